The Kier molecular flexibility index (Phi) is 3.26. The number of para-hydroxylation sites is 1. The van der Waals surface area contributed by atoms with Gasteiger partial charge in [-0.3, -0.25) is 9.36 Å². The van der Waals surface area contributed by atoms with Gasteiger partial charge in [-0.15, -0.1) is 0 Å². The lowest BCUT2D eigenvalue weighted by molar-refractivity contribution is 0.0943. The Bertz CT molecular complexity index is 813. The number of ether oxygens (including phenoxy) is 1. The van der Waals surface area contributed by atoms with Crippen LogP contribution in [-0.4, -0.2) is 17.6 Å². The molecule has 0 unspecified atom stereocenters. The molecule has 0 spiro atoms. The molecule has 3 rings (SSSR count). The van der Waals surface area contributed by atoms with Crippen LogP contribution in [0.2, 0.25) is 0 Å². The predicted molar refractivity (Wildman–Crippen MR) is 85.0 cm³/mol. The third-order valence-corrected chi connectivity index (χ3v) is 3.81. The van der Waals surface area contributed by atoms with Crippen molar-refractivity contribution in [1.29, 1.82) is 0 Å². The van der Waals surface area contributed by atoms with Crippen LogP contribution in [0.5, 0.6) is 5.75 Å². The van der Waals surface area contributed by atoms with Crippen molar-refractivity contribution in [2.24, 2.45) is 0 Å². The highest BCUT2D eigenvalue weighted by molar-refractivity contribution is 6.00. The molecule has 0 bridgehead atoms. The van der Waals surface area contributed by atoms with Gasteiger partial charge in [-0.2, -0.15) is 0 Å². The lowest BCUT2D eigenvalue weighted by atomic mass is 10.1. The van der Waals surface area contributed by atoms with E-state index in [-0.39, 0.29) is 5.91 Å². The van der Waals surface area contributed by atoms with Gasteiger partial charge in [-0.05, 0) is 48.4 Å². The molecule has 3 heteroatoms. The molecule has 3 nitrogen and oxygen atoms in total. The van der Waals surface area contributed by atoms with E-state index in [9.17, 15) is 4.79 Å². The highest BCUT2D eigenvalue weighted by atomic mass is 16.5. The van der Waals surface area contributed by atoms with Gasteiger partial charge in [0.25, 0.3) is 0 Å². The zero-order chi connectivity index (χ0) is 15.0. The van der Waals surface area contributed by atoms with Crippen molar-refractivity contribution in [2.45, 2.75) is 13.8 Å². The van der Waals surface area contributed by atoms with Crippen LogP contribution in [0.4, 0.5) is 0 Å². The number of methoxy groups -OCH3 is 1. The van der Waals surface area contributed by atoms with Crippen LogP contribution in [0, 0.1) is 6.92 Å². The number of aromatic nitrogens is 1. The van der Waals surface area contributed by atoms with Gasteiger partial charge in [0, 0.05) is 12.3 Å². The Morgan fingerprint density at radius 3 is 2.33 bits per heavy atom. The first-order valence-electron chi connectivity index (χ1n) is 6.89. The number of hydrogen-bond donors (Lipinski definition) is 0. The molecular formula is C18H17NO2. The number of carbonyl (C=O) groups is 1. The molecule has 106 valence electrons. The van der Waals surface area contributed by atoms with Crippen LogP contribution in [0.1, 0.15) is 17.3 Å². The first kappa shape index (κ1) is 13.4. The second-order valence-corrected chi connectivity index (χ2v) is 5.07. The summed E-state index contributed by atoms with van der Waals surface area (Å²) in [6, 6.07) is 15.8. The maximum Gasteiger partial charge on any atom is 0.228 e. The third-order valence-electron chi connectivity index (χ3n) is 3.81. The van der Waals surface area contributed by atoms with Crippen molar-refractivity contribution in [3.05, 3.63) is 54.1 Å². The molecule has 3 aromatic rings. The Balaban J connectivity index is 2.32. The minimum Gasteiger partial charge on any atom is -0.497 e. The normalized spacial score (nSPS) is 10.8. The van der Waals surface area contributed by atoms with Crippen molar-refractivity contribution in [2.75, 3.05) is 7.11 Å². The molecule has 0 aliphatic rings. The quantitative estimate of drug-likeness (QED) is 0.701. The molecule has 0 aliphatic carbocycles. The van der Waals surface area contributed by atoms with Gasteiger partial charge in [0.05, 0.1) is 18.3 Å². The summed E-state index contributed by atoms with van der Waals surface area (Å²) in [5.41, 5.74) is 4.03. The first-order chi connectivity index (χ1) is 10.1. The zero-order valence-corrected chi connectivity index (χ0v) is 12.4. The summed E-state index contributed by atoms with van der Waals surface area (Å²) in [6.07, 6.45) is 0. The standard InChI is InChI=1S/C18H17NO2/c1-12-16-6-4-5-7-17(16)19(13(2)20)18(12)14-8-10-15(21-3)11-9-14/h4-11H,1-3H3. The lowest BCUT2D eigenvalue weighted by Crippen LogP contribution is -2.07. The summed E-state index contributed by atoms with van der Waals surface area (Å²) in [5.74, 6) is 0.826. The molecule has 0 saturated heterocycles. The molecule has 2 aromatic carbocycles. The molecule has 1 aromatic heterocycles. The maximum atomic E-state index is 12.1. The zero-order valence-electron chi connectivity index (χ0n) is 12.4. The van der Waals surface area contributed by atoms with E-state index in [4.69, 9.17) is 4.74 Å². The molecule has 0 N–H and O–H groups in total. The van der Waals surface area contributed by atoms with E-state index in [1.165, 1.54) is 0 Å². The Morgan fingerprint density at radius 2 is 1.71 bits per heavy atom. The van der Waals surface area contributed by atoms with Crippen molar-refractivity contribution in [3.8, 4) is 17.0 Å². The van der Waals surface area contributed by atoms with Crippen LogP contribution in [0.15, 0.2) is 48.5 Å². The van der Waals surface area contributed by atoms with E-state index in [1.54, 1.807) is 18.6 Å². The number of fused-ring (bicyclic) bond motifs is 1. The fourth-order valence-corrected chi connectivity index (χ4v) is 2.82. The number of rotatable bonds is 2. The van der Waals surface area contributed by atoms with Gasteiger partial charge in [0.2, 0.25) is 5.91 Å². The highest BCUT2D eigenvalue weighted by Crippen LogP contribution is 2.33. The average Bonchev–Trinajstić information content (AvgIpc) is 2.81. The Hall–Kier alpha value is -2.55. The summed E-state index contributed by atoms with van der Waals surface area (Å²) in [7, 11) is 1.65. The Morgan fingerprint density at radius 1 is 1.05 bits per heavy atom. The van der Waals surface area contributed by atoms with E-state index in [0.717, 1.165) is 33.5 Å². The molecule has 0 radical (unpaired) electrons. The van der Waals surface area contributed by atoms with E-state index in [0.29, 0.717) is 0 Å². The van der Waals surface area contributed by atoms with Gasteiger partial charge in [0.1, 0.15) is 5.75 Å². The van der Waals surface area contributed by atoms with Crippen molar-refractivity contribution < 1.29 is 9.53 Å². The van der Waals surface area contributed by atoms with Crippen LogP contribution >= 0.6 is 0 Å². The monoisotopic (exact) mass is 279 g/mol. The average molecular weight is 279 g/mol. The summed E-state index contributed by atoms with van der Waals surface area (Å²) in [6.45, 7) is 3.65. The SMILES string of the molecule is COc1ccc(-c2c(C)c3ccccc3n2C(C)=O)cc1. The van der Waals surface area contributed by atoms with Gasteiger partial charge in [-0.1, -0.05) is 18.2 Å². The van der Waals surface area contributed by atoms with Crippen LogP contribution < -0.4 is 4.74 Å². The molecule has 0 saturated carbocycles. The minimum atomic E-state index is 0.0186. The summed E-state index contributed by atoms with van der Waals surface area (Å²) in [5, 5.41) is 1.11. The van der Waals surface area contributed by atoms with Crippen molar-refractivity contribution in [1.82, 2.24) is 4.57 Å². The number of benzene rings is 2. The molecule has 0 atom stereocenters. The van der Waals surface area contributed by atoms with Crippen LogP contribution in [-0.2, 0) is 0 Å². The molecule has 0 aliphatic heterocycles. The fraction of sp³-hybridized carbons (Fsp3) is 0.167. The lowest BCUT2D eigenvalue weighted by Gasteiger charge is -2.09. The Labute approximate surface area is 123 Å². The van der Waals surface area contributed by atoms with Gasteiger partial charge < -0.3 is 4.74 Å². The molecule has 1 heterocycles. The molecule has 0 fully saturated rings. The summed E-state index contributed by atoms with van der Waals surface area (Å²) >= 11 is 0. The number of carbonyl (C=O) groups excluding carboxylic acids is 1. The summed E-state index contributed by atoms with van der Waals surface area (Å²) in [4.78, 5) is 12.1. The third kappa shape index (κ3) is 2.11. The van der Waals surface area contributed by atoms with Crippen molar-refractivity contribution >= 4 is 16.8 Å². The topological polar surface area (TPSA) is 31.2 Å². The summed E-state index contributed by atoms with van der Waals surface area (Å²) < 4.78 is 6.98. The second kappa shape index (κ2) is 5.09. The van der Waals surface area contributed by atoms with Crippen LogP contribution in [0.3, 0.4) is 0 Å². The molecular weight excluding hydrogens is 262 g/mol. The number of hydrogen-bond acceptors (Lipinski definition) is 2. The minimum absolute atomic E-state index is 0.0186. The van der Waals surface area contributed by atoms with Crippen molar-refractivity contribution in [3.63, 3.8) is 0 Å². The van der Waals surface area contributed by atoms with E-state index in [2.05, 4.69) is 13.0 Å². The largest absolute Gasteiger partial charge is 0.497 e. The maximum absolute atomic E-state index is 12.1. The van der Waals surface area contributed by atoms with E-state index in [1.807, 2.05) is 42.5 Å². The smallest absolute Gasteiger partial charge is 0.228 e. The predicted octanol–water partition coefficient (Wildman–Crippen LogP) is 4.29. The van der Waals surface area contributed by atoms with Gasteiger partial charge >= 0.3 is 0 Å². The molecule has 0 amide bonds. The van der Waals surface area contributed by atoms with Gasteiger partial charge in [-0.25, -0.2) is 0 Å². The first-order valence-corrected chi connectivity index (χ1v) is 6.89. The number of nitrogens with zero attached hydrogens (tertiary/aromatic N) is 1. The number of aryl methyl sites for hydroxylation is 1. The highest BCUT2D eigenvalue weighted by Gasteiger charge is 2.17. The second-order valence-electron chi connectivity index (χ2n) is 5.07. The van der Waals surface area contributed by atoms with E-state index < -0.39 is 0 Å². The van der Waals surface area contributed by atoms with Gasteiger partial charge in [0.15, 0.2) is 0 Å². The van der Waals surface area contributed by atoms with E-state index >= 15 is 0 Å². The molecule has 21 heavy (non-hydrogen) atoms. The fourth-order valence-electron chi connectivity index (χ4n) is 2.82. The van der Waals surface area contributed by atoms with Crippen LogP contribution in [0.25, 0.3) is 22.2 Å².